The van der Waals surface area contributed by atoms with Crippen LogP contribution in [0.1, 0.15) is 42.8 Å². The molecule has 3 rings (SSSR count). The average molecular weight is 547 g/mol. The van der Waals surface area contributed by atoms with Crippen molar-refractivity contribution in [2.45, 2.75) is 19.4 Å². The number of carbonyl (C=O) groups is 3. The van der Waals surface area contributed by atoms with Gasteiger partial charge in [0.25, 0.3) is 11.8 Å². The second-order valence-electron chi connectivity index (χ2n) is 7.48. The summed E-state index contributed by atoms with van der Waals surface area (Å²) in [6, 6.07) is -0.479. The molecule has 0 aliphatic carbocycles. The molecule has 1 saturated heterocycles. The van der Waals surface area contributed by atoms with Crippen molar-refractivity contribution in [3.8, 4) is 0 Å². The molecule has 2 amide bonds. The number of anilines is 1. The lowest BCUT2D eigenvalue weighted by molar-refractivity contribution is 0.0695. The predicted molar refractivity (Wildman–Crippen MR) is 131 cm³/mol. The number of rotatable bonds is 9. The van der Waals surface area contributed by atoms with Gasteiger partial charge in [0.1, 0.15) is 17.7 Å². The number of carbonyl (C=O) groups excluding carboxylic acids is 2. The van der Waals surface area contributed by atoms with Crippen molar-refractivity contribution in [2.24, 2.45) is 5.16 Å². The first-order valence-electron chi connectivity index (χ1n) is 10.4. The van der Waals surface area contributed by atoms with Gasteiger partial charge in [0.05, 0.1) is 35.0 Å². The van der Waals surface area contributed by atoms with Crippen LogP contribution in [0.4, 0.5) is 5.13 Å². The standard InChI is InChI=1S/C20H24Cl2N6O6S/c1-9-12(21)13(22)14(24-9)18(30)25-10-4-6-28(8-11(10)27-34-3)20-26-15(16(35-20)19(31)32)17(29)23-5-7-33-2/h10,24H,4-8H2,1-3H3,(H,23,29)(H,25,30)(H,31,32)/b27-11+. The first kappa shape index (κ1) is 26.7. The number of H-pyrrole nitrogens is 1. The number of nitrogens with zero attached hydrogens (tertiary/aromatic N) is 3. The second kappa shape index (κ2) is 11.7. The van der Waals surface area contributed by atoms with E-state index in [1.807, 2.05) is 0 Å². The molecule has 12 nitrogen and oxygen atoms in total. The summed E-state index contributed by atoms with van der Waals surface area (Å²) in [5, 5.41) is 19.8. The molecule has 1 aliphatic heterocycles. The van der Waals surface area contributed by atoms with Gasteiger partial charge in [-0.1, -0.05) is 39.7 Å². The van der Waals surface area contributed by atoms with E-state index in [0.29, 0.717) is 29.5 Å². The molecule has 35 heavy (non-hydrogen) atoms. The van der Waals surface area contributed by atoms with Gasteiger partial charge < -0.3 is 35.2 Å². The molecule has 0 aromatic carbocycles. The SMILES string of the molecule is COCCNC(=O)c1nc(N2CCC(NC(=O)c3[nH]c(C)c(Cl)c3Cl)/C(=N/OC)C2)sc1C(=O)O. The first-order valence-corrected chi connectivity index (χ1v) is 12.0. The normalized spacial score (nSPS) is 16.9. The molecule has 0 saturated carbocycles. The van der Waals surface area contributed by atoms with Gasteiger partial charge in [0.15, 0.2) is 10.8 Å². The van der Waals surface area contributed by atoms with Crippen LogP contribution < -0.4 is 15.5 Å². The second-order valence-corrected chi connectivity index (χ2v) is 9.22. The van der Waals surface area contributed by atoms with Crippen LogP contribution >= 0.6 is 34.5 Å². The number of ether oxygens (including phenoxy) is 1. The Bertz CT molecular complexity index is 1150. The quantitative estimate of drug-likeness (QED) is 0.275. The molecule has 4 N–H and O–H groups in total. The third kappa shape index (κ3) is 6.04. The number of hydrogen-bond donors (Lipinski definition) is 4. The van der Waals surface area contributed by atoms with Crippen LogP contribution in [-0.2, 0) is 9.57 Å². The fourth-order valence-electron chi connectivity index (χ4n) is 3.42. The van der Waals surface area contributed by atoms with Gasteiger partial charge >= 0.3 is 5.97 Å². The molecule has 190 valence electrons. The lowest BCUT2D eigenvalue weighted by Crippen LogP contribution is -2.52. The summed E-state index contributed by atoms with van der Waals surface area (Å²) in [5.74, 6) is -2.31. The molecule has 0 bridgehead atoms. The molecule has 1 fully saturated rings. The lowest BCUT2D eigenvalue weighted by Gasteiger charge is -2.32. The number of carboxylic acids is 1. The summed E-state index contributed by atoms with van der Waals surface area (Å²) in [4.78, 5) is 50.6. The topological polar surface area (TPSA) is 158 Å². The zero-order valence-electron chi connectivity index (χ0n) is 19.1. The number of thiazole rings is 1. The van der Waals surface area contributed by atoms with Crippen LogP contribution in [0.3, 0.4) is 0 Å². The zero-order valence-corrected chi connectivity index (χ0v) is 21.4. The van der Waals surface area contributed by atoms with Crippen molar-refractivity contribution < 1.29 is 29.1 Å². The third-order valence-electron chi connectivity index (χ3n) is 5.13. The maximum Gasteiger partial charge on any atom is 0.348 e. The number of hydrogen-bond acceptors (Lipinski definition) is 9. The van der Waals surface area contributed by atoms with Crippen molar-refractivity contribution in [1.82, 2.24) is 20.6 Å². The summed E-state index contributed by atoms with van der Waals surface area (Å²) < 4.78 is 4.89. The van der Waals surface area contributed by atoms with Crippen molar-refractivity contribution in [1.29, 1.82) is 0 Å². The summed E-state index contributed by atoms with van der Waals surface area (Å²) in [7, 11) is 2.87. The van der Waals surface area contributed by atoms with E-state index >= 15 is 0 Å². The number of aryl methyl sites for hydroxylation is 1. The highest BCUT2D eigenvalue weighted by Crippen LogP contribution is 2.30. The lowest BCUT2D eigenvalue weighted by atomic mass is 10.0. The maximum absolute atomic E-state index is 12.8. The molecule has 1 atom stereocenters. The van der Waals surface area contributed by atoms with E-state index in [9.17, 15) is 19.5 Å². The predicted octanol–water partition coefficient (Wildman–Crippen LogP) is 2.17. The van der Waals surface area contributed by atoms with E-state index in [-0.39, 0.29) is 46.0 Å². The van der Waals surface area contributed by atoms with Gasteiger partial charge in [-0.2, -0.15) is 0 Å². The van der Waals surface area contributed by atoms with Gasteiger partial charge in [-0.25, -0.2) is 9.78 Å². The molecule has 3 heterocycles. The number of aromatic nitrogens is 2. The Morgan fingerprint density at radius 1 is 1.29 bits per heavy atom. The number of methoxy groups -OCH3 is 1. The van der Waals surface area contributed by atoms with E-state index < -0.39 is 23.8 Å². The van der Waals surface area contributed by atoms with Crippen molar-refractivity contribution in [3.05, 3.63) is 32.0 Å². The monoisotopic (exact) mass is 546 g/mol. The Morgan fingerprint density at radius 2 is 2.03 bits per heavy atom. The summed E-state index contributed by atoms with van der Waals surface area (Å²) in [5.41, 5.74) is 1.02. The molecular weight excluding hydrogens is 523 g/mol. The highest BCUT2D eigenvalue weighted by atomic mass is 35.5. The summed E-state index contributed by atoms with van der Waals surface area (Å²) >= 11 is 13.1. The summed E-state index contributed by atoms with van der Waals surface area (Å²) in [6.07, 6.45) is 0.413. The third-order valence-corrected chi connectivity index (χ3v) is 7.18. The van der Waals surface area contributed by atoms with Gasteiger partial charge in [-0.3, -0.25) is 9.59 Å². The van der Waals surface area contributed by atoms with E-state index in [0.717, 1.165) is 11.3 Å². The van der Waals surface area contributed by atoms with Crippen LogP contribution in [0.15, 0.2) is 5.16 Å². The largest absolute Gasteiger partial charge is 0.477 e. The minimum atomic E-state index is -1.25. The van der Waals surface area contributed by atoms with Gasteiger partial charge in [-0.05, 0) is 13.3 Å². The van der Waals surface area contributed by atoms with Crippen LogP contribution in [0.2, 0.25) is 10.0 Å². The molecule has 0 spiro atoms. The van der Waals surface area contributed by atoms with Gasteiger partial charge in [-0.15, -0.1) is 0 Å². The molecule has 2 aromatic heterocycles. The fraction of sp³-hybridized carbons (Fsp3) is 0.450. The van der Waals surface area contributed by atoms with Crippen LogP contribution in [0.5, 0.6) is 0 Å². The number of aromatic amines is 1. The number of halogens is 2. The Labute approximate surface area is 214 Å². The highest BCUT2D eigenvalue weighted by Gasteiger charge is 2.32. The molecule has 0 radical (unpaired) electrons. The molecular formula is C20H24Cl2N6O6S. The minimum absolute atomic E-state index is 0.129. The Hall–Kier alpha value is -2.87. The highest BCUT2D eigenvalue weighted by molar-refractivity contribution is 7.17. The van der Waals surface area contributed by atoms with Crippen molar-refractivity contribution in [3.63, 3.8) is 0 Å². The smallest absolute Gasteiger partial charge is 0.348 e. The van der Waals surface area contributed by atoms with Crippen molar-refractivity contribution >= 4 is 63.2 Å². The van der Waals surface area contributed by atoms with E-state index in [1.54, 1.807) is 11.8 Å². The van der Waals surface area contributed by atoms with E-state index in [4.69, 9.17) is 32.8 Å². The minimum Gasteiger partial charge on any atom is -0.477 e. The van der Waals surface area contributed by atoms with E-state index in [2.05, 4.69) is 25.8 Å². The number of aromatic carboxylic acids is 1. The Morgan fingerprint density at radius 3 is 2.63 bits per heavy atom. The van der Waals surface area contributed by atoms with Crippen molar-refractivity contribution in [2.75, 3.05) is 45.4 Å². The zero-order chi connectivity index (χ0) is 25.7. The molecule has 15 heteroatoms. The number of carboxylic acid groups (broad SMARTS) is 1. The number of nitrogens with one attached hydrogen (secondary N) is 3. The number of oxime groups is 1. The average Bonchev–Trinajstić information content (AvgIpc) is 3.38. The number of amides is 2. The Kier molecular flexibility index (Phi) is 8.94. The van der Waals surface area contributed by atoms with E-state index in [1.165, 1.54) is 14.2 Å². The molecule has 1 unspecified atom stereocenters. The molecule has 1 aliphatic rings. The first-order chi connectivity index (χ1) is 16.7. The molecule has 2 aromatic rings. The summed E-state index contributed by atoms with van der Waals surface area (Å²) in [6.45, 7) is 2.79. The maximum atomic E-state index is 12.8. The van der Waals surface area contributed by atoms with Gasteiger partial charge in [0, 0.05) is 25.9 Å². The Balaban J connectivity index is 1.77. The van der Waals surface area contributed by atoms with Crippen LogP contribution in [0, 0.1) is 6.92 Å². The van der Waals surface area contributed by atoms with Crippen LogP contribution in [-0.4, -0.2) is 85.1 Å². The van der Waals surface area contributed by atoms with Gasteiger partial charge in [0.2, 0.25) is 0 Å². The number of piperidine rings is 1. The fourth-order valence-corrected chi connectivity index (χ4v) is 4.76. The van der Waals surface area contributed by atoms with Crippen LogP contribution in [0.25, 0.3) is 0 Å².